The van der Waals surface area contributed by atoms with Crippen LogP contribution in [0.1, 0.15) is 22.7 Å². The molecule has 1 aliphatic rings. The number of amides is 1. The number of benzene rings is 3. The van der Waals surface area contributed by atoms with Gasteiger partial charge in [0.2, 0.25) is 0 Å². The van der Waals surface area contributed by atoms with E-state index >= 15 is 0 Å². The van der Waals surface area contributed by atoms with Crippen LogP contribution in [0.5, 0.6) is 5.75 Å². The summed E-state index contributed by atoms with van der Waals surface area (Å²) in [5, 5.41) is 11.5. The Bertz CT molecular complexity index is 1320. The SMILES string of the molecule is COc1c(Cl)cc(Cl)cc1/C(O)=C1\C(=O)C(=O)N(c2cccc(C)c2)C1c1ccccc1F. The Morgan fingerprint density at radius 3 is 2.45 bits per heavy atom. The van der Waals surface area contributed by atoms with Crippen LogP contribution in [0.4, 0.5) is 10.1 Å². The van der Waals surface area contributed by atoms with Crippen LogP contribution in [0, 0.1) is 12.7 Å². The minimum Gasteiger partial charge on any atom is -0.507 e. The Kier molecular flexibility index (Phi) is 6.15. The third-order valence-electron chi connectivity index (χ3n) is 5.39. The first-order valence-corrected chi connectivity index (χ1v) is 10.7. The van der Waals surface area contributed by atoms with Crippen LogP contribution in [-0.2, 0) is 9.59 Å². The van der Waals surface area contributed by atoms with E-state index < -0.39 is 29.3 Å². The highest BCUT2D eigenvalue weighted by Crippen LogP contribution is 2.45. The van der Waals surface area contributed by atoms with E-state index in [1.807, 2.05) is 13.0 Å². The van der Waals surface area contributed by atoms with E-state index in [0.717, 1.165) is 5.56 Å². The van der Waals surface area contributed by atoms with Crippen molar-refractivity contribution in [2.75, 3.05) is 12.0 Å². The van der Waals surface area contributed by atoms with Crippen molar-refractivity contribution in [2.45, 2.75) is 13.0 Å². The summed E-state index contributed by atoms with van der Waals surface area (Å²) in [6.45, 7) is 1.83. The Morgan fingerprint density at radius 2 is 1.79 bits per heavy atom. The molecule has 33 heavy (non-hydrogen) atoms. The quantitative estimate of drug-likeness (QED) is 0.276. The highest BCUT2D eigenvalue weighted by Gasteiger charge is 2.48. The lowest BCUT2D eigenvalue weighted by Gasteiger charge is -2.26. The number of Topliss-reactive ketones (excluding diaryl/α,β-unsaturated/α-hetero) is 1. The van der Waals surface area contributed by atoms with Crippen LogP contribution in [0.15, 0.2) is 66.2 Å². The van der Waals surface area contributed by atoms with E-state index in [0.29, 0.717) is 5.69 Å². The van der Waals surface area contributed by atoms with Crippen molar-refractivity contribution in [3.8, 4) is 5.75 Å². The van der Waals surface area contributed by atoms with E-state index in [4.69, 9.17) is 27.9 Å². The molecule has 1 aliphatic heterocycles. The van der Waals surface area contributed by atoms with E-state index in [-0.39, 0.29) is 32.5 Å². The number of ether oxygens (including phenoxy) is 1. The Morgan fingerprint density at radius 1 is 1.06 bits per heavy atom. The number of aliphatic hydroxyl groups is 1. The van der Waals surface area contributed by atoms with Crippen LogP contribution in [0.2, 0.25) is 10.0 Å². The third kappa shape index (κ3) is 3.96. The van der Waals surface area contributed by atoms with Gasteiger partial charge in [0.25, 0.3) is 11.7 Å². The maximum atomic E-state index is 15.0. The molecule has 1 fully saturated rings. The Hall–Kier alpha value is -3.35. The van der Waals surface area contributed by atoms with Crippen molar-refractivity contribution in [3.63, 3.8) is 0 Å². The van der Waals surface area contributed by atoms with Gasteiger partial charge in [0.15, 0.2) is 0 Å². The largest absolute Gasteiger partial charge is 0.507 e. The molecule has 1 heterocycles. The van der Waals surface area contributed by atoms with Crippen molar-refractivity contribution in [1.82, 2.24) is 0 Å². The number of aliphatic hydroxyl groups excluding tert-OH is 1. The molecule has 3 aromatic carbocycles. The molecule has 1 amide bonds. The maximum absolute atomic E-state index is 15.0. The monoisotopic (exact) mass is 485 g/mol. The fourth-order valence-electron chi connectivity index (χ4n) is 3.96. The van der Waals surface area contributed by atoms with Gasteiger partial charge in [-0.15, -0.1) is 0 Å². The van der Waals surface area contributed by atoms with Gasteiger partial charge < -0.3 is 9.84 Å². The molecule has 1 saturated heterocycles. The average Bonchev–Trinajstić information content (AvgIpc) is 3.03. The second-order valence-corrected chi connectivity index (χ2v) is 8.34. The first-order valence-electron chi connectivity index (χ1n) is 9.90. The van der Waals surface area contributed by atoms with Crippen molar-refractivity contribution >= 4 is 46.3 Å². The molecule has 0 radical (unpaired) electrons. The fourth-order valence-corrected chi connectivity index (χ4v) is 4.53. The lowest BCUT2D eigenvalue weighted by molar-refractivity contribution is -0.132. The third-order valence-corrected chi connectivity index (χ3v) is 5.89. The molecule has 5 nitrogen and oxygen atoms in total. The molecule has 0 spiro atoms. The lowest BCUT2D eigenvalue weighted by Crippen LogP contribution is -2.29. The van der Waals surface area contributed by atoms with Gasteiger partial charge in [-0.3, -0.25) is 14.5 Å². The van der Waals surface area contributed by atoms with E-state index in [9.17, 15) is 19.1 Å². The first kappa shape index (κ1) is 22.8. The number of aryl methyl sites for hydroxylation is 1. The molecule has 168 valence electrons. The van der Waals surface area contributed by atoms with Gasteiger partial charge in [0.1, 0.15) is 17.3 Å². The summed E-state index contributed by atoms with van der Waals surface area (Å²) < 4.78 is 20.3. The second-order valence-electron chi connectivity index (χ2n) is 7.50. The Balaban J connectivity index is 2.04. The van der Waals surface area contributed by atoms with E-state index in [1.54, 1.807) is 24.3 Å². The summed E-state index contributed by atoms with van der Waals surface area (Å²) in [6.07, 6.45) is 0. The molecule has 1 atom stereocenters. The van der Waals surface area contributed by atoms with Crippen LogP contribution >= 0.6 is 23.2 Å². The Labute approximate surface area is 199 Å². The summed E-state index contributed by atoms with van der Waals surface area (Å²) >= 11 is 12.3. The number of hydrogen-bond acceptors (Lipinski definition) is 4. The van der Waals surface area contributed by atoms with Crippen LogP contribution in [0.3, 0.4) is 0 Å². The summed E-state index contributed by atoms with van der Waals surface area (Å²) in [7, 11) is 1.34. The van der Waals surface area contributed by atoms with Gasteiger partial charge in [-0.2, -0.15) is 0 Å². The highest BCUT2D eigenvalue weighted by atomic mass is 35.5. The predicted octanol–water partition coefficient (Wildman–Crippen LogP) is 6.08. The number of carbonyl (C=O) groups is 2. The number of carbonyl (C=O) groups excluding carboxylic acids is 2. The average molecular weight is 486 g/mol. The van der Waals surface area contributed by atoms with Crippen molar-refractivity contribution in [3.05, 3.63) is 98.8 Å². The number of ketones is 1. The number of rotatable bonds is 4. The number of hydrogen-bond donors (Lipinski definition) is 1. The normalized spacial score (nSPS) is 17.5. The topological polar surface area (TPSA) is 66.8 Å². The van der Waals surface area contributed by atoms with Crippen LogP contribution in [-0.4, -0.2) is 23.9 Å². The fraction of sp³-hybridized carbons (Fsp3) is 0.120. The summed E-state index contributed by atoms with van der Waals surface area (Å²) in [5.74, 6) is -3.02. The van der Waals surface area contributed by atoms with Gasteiger partial charge in [0, 0.05) is 16.3 Å². The molecule has 0 aromatic heterocycles. The first-order chi connectivity index (χ1) is 15.7. The molecule has 1 N–H and O–H groups in total. The van der Waals surface area contributed by atoms with Gasteiger partial charge >= 0.3 is 0 Å². The van der Waals surface area contributed by atoms with Gasteiger partial charge in [-0.05, 0) is 42.8 Å². The van der Waals surface area contributed by atoms with Crippen molar-refractivity contribution < 1.29 is 23.8 Å². The zero-order valence-electron chi connectivity index (χ0n) is 17.6. The summed E-state index contributed by atoms with van der Waals surface area (Å²) in [4.78, 5) is 27.6. The van der Waals surface area contributed by atoms with Crippen LogP contribution < -0.4 is 9.64 Å². The molecular formula is C25H18Cl2FNO4. The molecule has 3 aromatic rings. The summed E-state index contributed by atoms with van der Waals surface area (Å²) in [5.41, 5.74) is 0.985. The molecule has 8 heteroatoms. The molecule has 4 rings (SSSR count). The molecule has 1 unspecified atom stereocenters. The smallest absolute Gasteiger partial charge is 0.300 e. The lowest BCUT2D eigenvalue weighted by atomic mass is 9.94. The molecule has 0 bridgehead atoms. The van der Waals surface area contributed by atoms with E-state index in [2.05, 4.69) is 0 Å². The number of anilines is 1. The zero-order valence-corrected chi connectivity index (χ0v) is 19.1. The number of nitrogens with zero attached hydrogens (tertiary/aromatic N) is 1. The predicted molar refractivity (Wildman–Crippen MR) is 125 cm³/mol. The molecular weight excluding hydrogens is 468 g/mol. The molecule has 0 saturated carbocycles. The zero-order chi connectivity index (χ0) is 23.9. The standard InChI is InChI=1S/C25H18Cl2FNO4/c1-13-6-5-7-15(10-13)29-21(16-8-3-4-9-19(16)28)20(23(31)25(29)32)22(30)17-11-14(26)12-18(27)24(17)33-2/h3-12,21,30H,1-2H3/b22-20+. The van der Waals surface area contributed by atoms with Gasteiger partial charge in [0.05, 0.1) is 29.3 Å². The van der Waals surface area contributed by atoms with Crippen LogP contribution in [0.25, 0.3) is 5.76 Å². The van der Waals surface area contributed by atoms with Crippen molar-refractivity contribution in [2.24, 2.45) is 0 Å². The van der Waals surface area contributed by atoms with Gasteiger partial charge in [-0.1, -0.05) is 53.5 Å². The molecule has 0 aliphatic carbocycles. The minimum atomic E-state index is -1.23. The summed E-state index contributed by atoms with van der Waals surface area (Å²) in [6, 6.07) is 14.2. The van der Waals surface area contributed by atoms with Crippen molar-refractivity contribution in [1.29, 1.82) is 0 Å². The van der Waals surface area contributed by atoms with E-state index in [1.165, 1.54) is 42.3 Å². The highest BCUT2D eigenvalue weighted by molar-refractivity contribution is 6.52. The number of halogens is 3. The van der Waals surface area contributed by atoms with Gasteiger partial charge in [-0.25, -0.2) is 4.39 Å². The second kappa shape index (κ2) is 8.89. The minimum absolute atomic E-state index is 0.0126. The maximum Gasteiger partial charge on any atom is 0.300 e. The number of methoxy groups -OCH3 is 1.